The van der Waals surface area contributed by atoms with Crippen molar-refractivity contribution in [3.8, 4) is 0 Å². The molecule has 0 spiro atoms. The van der Waals surface area contributed by atoms with E-state index in [1.807, 2.05) is 18.7 Å². The molecule has 0 aromatic heterocycles. The van der Waals surface area contributed by atoms with E-state index in [0.717, 1.165) is 12.7 Å². The molecular weight excluding hydrogens is 128 g/mol. The molecule has 0 bridgehead atoms. The van der Waals surface area contributed by atoms with Crippen LogP contribution in [0.2, 0.25) is 6.04 Å². The lowest BCUT2D eigenvalue weighted by atomic mass is 10.8. The quantitative estimate of drug-likeness (QED) is 0.419. The molecule has 0 aliphatic rings. The number of rotatable bonds is 5. The average molecular weight is 142 g/mol. The van der Waals surface area contributed by atoms with Gasteiger partial charge in [-0.15, -0.1) is 13.2 Å². The third-order valence-corrected chi connectivity index (χ3v) is 3.13. The lowest BCUT2D eigenvalue weighted by Crippen LogP contribution is -2.13. The van der Waals surface area contributed by atoms with Crippen molar-refractivity contribution in [1.29, 1.82) is 0 Å². The first-order valence-corrected chi connectivity index (χ1v) is 5.15. The number of hydrogen-bond donors (Lipinski definition) is 0. The Kier molecular flexibility index (Phi) is 5.57. The van der Waals surface area contributed by atoms with Gasteiger partial charge >= 0.3 is 0 Å². The minimum atomic E-state index is -1.07. The summed E-state index contributed by atoms with van der Waals surface area (Å²) >= 11 is 0. The summed E-state index contributed by atoms with van der Waals surface area (Å²) in [6.07, 6.45) is 1.90. The molecule has 0 aliphatic heterocycles. The van der Waals surface area contributed by atoms with Gasteiger partial charge in [0.25, 0.3) is 0 Å². The van der Waals surface area contributed by atoms with Crippen LogP contribution in [0.15, 0.2) is 24.9 Å². The molecule has 0 rings (SSSR count). The largest absolute Gasteiger partial charge is 0.416 e. The van der Waals surface area contributed by atoms with Crippen LogP contribution < -0.4 is 0 Å². The maximum Gasteiger partial charge on any atom is 0.204 e. The zero-order valence-electron chi connectivity index (χ0n) is 5.97. The van der Waals surface area contributed by atoms with Gasteiger partial charge in [-0.25, -0.2) is 0 Å². The number of hydrogen-bond acceptors (Lipinski definition) is 1. The summed E-state index contributed by atoms with van der Waals surface area (Å²) in [5.74, 6) is 0. The molecule has 1 atom stereocenters. The van der Waals surface area contributed by atoms with Crippen LogP contribution in [-0.2, 0) is 4.43 Å². The third kappa shape index (κ3) is 4.18. The summed E-state index contributed by atoms with van der Waals surface area (Å²) in [5.41, 5.74) is 1.94. The second-order valence-electron chi connectivity index (χ2n) is 1.75. The zero-order chi connectivity index (χ0) is 7.11. The molecule has 52 valence electrons. The van der Waals surface area contributed by atoms with Gasteiger partial charge in [-0.05, 0) is 13.0 Å². The highest BCUT2D eigenvalue weighted by Gasteiger charge is 2.00. The summed E-state index contributed by atoms with van der Waals surface area (Å²) in [5, 5.41) is 0. The van der Waals surface area contributed by atoms with Crippen LogP contribution in [-0.4, -0.2) is 15.6 Å². The van der Waals surface area contributed by atoms with E-state index < -0.39 is 9.04 Å². The smallest absolute Gasteiger partial charge is 0.204 e. The normalized spacial score (nSPS) is 12.6. The van der Waals surface area contributed by atoms with Crippen LogP contribution in [0.5, 0.6) is 0 Å². The molecule has 2 heteroatoms. The Bertz CT molecular complexity index is 90.9. The molecule has 0 fully saturated rings. The fourth-order valence-corrected chi connectivity index (χ4v) is 1.83. The van der Waals surface area contributed by atoms with Crippen LogP contribution in [0, 0.1) is 0 Å². The van der Waals surface area contributed by atoms with E-state index in [9.17, 15) is 0 Å². The van der Waals surface area contributed by atoms with Gasteiger partial charge in [0.2, 0.25) is 9.04 Å². The highest BCUT2D eigenvalue weighted by atomic mass is 28.3. The molecule has 1 unspecified atom stereocenters. The molecule has 0 aliphatic carbocycles. The highest BCUT2D eigenvalue weighted by Crippen LogP contribution is 1.95. The molecule has 0 saturated carbocycles. The first kappa shape index (κ1) is 8.66. The summed E-state index contributed by atoms with van der Waals surface area (Å²) in [7, 11) is -1.07. The molecule has 0 saturated heterocycles. The molecule has 0 radical (unpaired) electrons. The van der Waals surface area contributed by atoms with Crippen molar-refractivity contribution < 1.29 is 4.43 Å². The molecule has 0 heterocycles. The minimum Gasteiger partial charge on any atom is -0.416 e. The first-order chi connectivity index (χ1) is 4.35. The minimum absolute atomic E-state index is 0.802. The van der Waals surface area contributed by atoms with E-state index in [1.165, 1.54) is 0 Å². The molecular formula is C7H14OSi. The third-order valence-electron chi connectivity index (χ3n) is 1.04. The van der Waals surface area contributed by atoms with Crippen molar-refractivity contribution in [2.24, 2.45) is 0 Å². The predicted octanol–water partition coefficient (Wildman–Crippen LogP) is 1.66. The second kappa shape index (κ2) is 5.79. The number of allylic oxidation sites excluding steroid dienone is 1. The van der Waals surface area contributed by atoms with Gasteiger partial charge in [0, 0.05) is 6.61 Å². The maximum absolute atomic E-state index is 5.38. The van der Waals surface area contributed by atoms with Gasteiger partial charge in [-0.1, -0.05) is 11.8 Å². The molecule has 0 aromatic carbocycles. The first-order valence-electron chi connectivity index (χ1n) is 3.20. The van der Waals surface area contributed by atoms with Gasteiger partial charge in [0.1, 0.15) is 0 Å². The van der Waals surface area contributed by atoms with Crippen LogP contribution in [0.3, 0.4) is 0 Å². The van der Waals surface area contributed by atoms with Crippen molar-refractivity contribution in [2.45, 2.75) is 13.0 Å². The van der Waals surface area contributed by atoms with Gasteiger partial charge in [-0.3, -0.25) is 0 Å². The van der Waals surface area contributed by atoms with Crippen LogP contribution in [0.25, 0.3) is 0 Å². The Morgan fingerprint density at radius 3 is 2.56 bits per heavy atom. The second-order valence-corrected chi connectivity index (χ2v) is 4.11. The standard InChI is InChI=1S/C7H14OSi/c1-4-7-9(6-3)8-5-2/h4,6,9H,1,3,5,7H2,2H3. The SMILES string of the molecule is C=CC[SiH](C=C)OCC. The summed E-state index contributed by atoms with van der Waals surface area (Å²) in [6.45, 7) is 10.1. The van der Waals surface area contributed by atoms with E-state index in [-0.39, 0.29) is 0 Å². The Hall–Kier alpha value is -0.343. The van der Waals surface area contributed by atoms with Crippen LogP contribution in [0.1, 0.15) is 6.92 Å². The summed E-state index contributed by atoms with van der Waals surface area (Å²) < 4.78 is 5.38. The molecule has 9 heavy (non-hydrogen) atoms. The van der Waals surface area contributed by atoms with Crippen molar-refractivity contribution in [3.63, 3.8) is 0 Å². The van der Waals surface area contributed by atoms with Gasteiger partial charge in [0.15, 0.2) is 0 Å². The molecule has 0 N–H and O–H groups in total. The molecule has 1 nitrogen and oxygen atoms in total. The zero-order valence-corrected chi connectivity index (χ0v) is 7.12. The fraction of sp³-hybridized carbons (Fsp3) is 0.429. The Morgan fingerprint density at radius 1 is 1.56 bits per heavy atom. The van der Waals surface area contributed by atoms with E-state index in [2.05, 4.69) is 13.2 Å². The molecule has 0 amide bonds. The fourth-order valence-electron chi connectivity index (χ4n) is 0.611. The lowest BCUT2D eigenvalue weighted by molar-refractivity contribution is 0.351. The van der Waals surface area contributed by atoms with E-state index in [1.54, 1.807) is 0 Å². The van der Waals surface area contributed by atoms with Crippen molar-refractivity contribution >= 4 is 9.04 Å². The topological polar surface area (TPSA) is 9.23 Å². The summed E-state index contributed by atoms with van der Waals surface area (Å²) in [6, 6.07) is 0.997. The van der Waals surface area contributed by atoms with Gasteiger partial charge in [-0.2, -0.15) is 0 Å². The Labute approximate surface area is 58.8 Å². The van der Waals surface area contributed by atoms with Crippen LogP contribution >= 0.6 is 0 Å². The Morgan fingerprint density at radius 2 is 2.22 bits per heavy atom. The van der Waals surface area contributed by atoms with E-state index in [4.69, 9.17) is 4.43 Å². The van der Waals surface area contributed by atoms with Crippen molar-refractivity contribution in [2.75, 3.05) is 6.61 Å². The van der Waals surface area contributed by atoms with Crippen molar-refractivity contribution in [3.05, 3.63) is 24.9 Å². The monoisotopic (exact) mass is 142 g/mol. The van der Waals surface area contributed by atoms with Gasteiger partial charge < -0.3 is 4.43 Å². The average Bonchev–Trinajstić information content (AvgIpc) is 1.88. The highest BCUT2D eigenvalue weighted by molar-refractivity contribution is 6.57. The lowest BCUT2D eigenvalue weighted by Gasteiger charge is -2.05. The van der Waals surface area contributed by atoms with E-state index in [0.29, 0.717) is 0 Å². The molecule has 0 aromatic rings. The van der Waals surface area contributed by atoms with Gasteiger partial charge in [0.05, 0.1) is 0 Å². The summed E-state index contributed by atoms with van der Waals surface area (Å²) in [4.78, 5) is 0. The Balaban J connectivity index is 3.40. The predicted molar refractivity (Wildman–Crippen MR) is 44.0 cm³/mol. The van der Waals surface area contributed by atoms with Crippen molar-refractivity contribution in [1.82, 2.24) is 0 Å². The van der Waals surface area contributed by atoms with Crippen LogP contribution in [0.4, 0.5) is 0 Å². The maximum atomic E-state index is 5.38. The van der Waals surface area contributed by atoms with E-state index >= 15 is 0 Å².